The first-order valence-electron chi connectivity index (χ1n) is 10.9. The number of likely N-dealkylation sites (tertiary alicyclic amines) is 2. The van der Waals surface area contributed by atoms with Crippen LogP contribution in [0.15, 0.2) is 45.9 Å². The Labute approximate surface area is 180 Å². The highest BCUT2D eigenvalue weighted by atomic mass is 32.1. The Kier molecular flexibility index (Phi) is 5.48. The summed E-state index contributed by atoms with van der Waals surface area (Å²) < 4.78 is 1.89. The van der Waals surface area contributed by atoms with Crippen LogP contribution in [-0.4, -0.2) is 51.4 Å². The van der Waals surface area contributed by atoms with Crippen molar-refractivity contribution in [2.75, 3.05) is 26.2 Å². The molecule has 0 unspecified atom stereocenters. The summed E-state index contributed by atoms with van der Waals surface area (Å²) in [7, 11) is 0. The highest BCUT2D eigenvalue weighted by Gasteiger charge is 2.32. The summed E-state index contributed by atoms with van der Waals surface area (Å²) in [6.07, 6.45) is 3.57. The fourth-order valence-electron chi connectivity index (χ4n) is 5.02. The number of thiophene rings is 1. The molecule has 2 aliphatic heterocycles. The minimum atomic E-state index is -0.0426. The topological polar surface area (TPSA) is 61.3 Å². The van der Waals surface area contributed by atoms with E-state index >= 15 is 0 Å². The van der Waals surface area contributed by atoms with E-state index in [4.69, 9.17) is 0 Å². The summed E-state index contributed by atoms with van der Waals surface area (Å²) in [6.45, 7) is 4.46. The van der Waals surface area contributed by atoms with Gasteiger partial charge >= 0.3 is 5.69 Å². The van der Waals surface area contributed by atoms with Crippen LogP contribution in [0.5, 0.6) is 0 Å². The van der Waals surface area contributed by atoms with Gasteiger partial charge in [0.2, 0.25) is 5.91 Å². The van der Waals surface area contributed by atoms with Crippen LogP contribution in [0.3, 0.4) is 0 Å². The Morgan fingerprint density at radius 1 is 1.03 bits per heavy atom. The van der Waals surface area contributed by atoms with Crippen LogP contribution in [0.2, 0.25) is 0 Å². The Morgan fingerprint density at radius 2 is 1.80 bits per heavy atom. The van der Waals surface area contributed by atoms with E-state index in [9.17, 15) is 9.59 Å². The summed E-state index contributed by atoms with van der Waals surface area (Å²) in [5, 5.41) is 4.33. The molecule has 2 saturated heterocycles. The molecule has 1 aromatic carbocycles. The number of piperidine rings is 2. The number of imidazole rings is 1. The Hall–Kier alpha value is -2.38. The van der Waals surface area contributed by atoms with Gasteiger partial charge in [0.15, 0.2) is 0 Å². The van der Waals surface area contributed by atoms with E-state index in [1.54, 1.807) is 11.3 Å². The first kappa shape index (κ1) is 19.6. The lowest BCUT2D eigenvalue weighted by atomic mass is 9.93. The number of benzene rings is 1. The zero-order valence-corrected chi connectivity index (χ0v) is 17.9. The third-order valence-corrected chi connectivity index (χ3v) is 7.42. The zero-order valence-electron chi connectivity index (χ0n) is 17.1. The van der Waals surface area contributed by atoms with Gasteiger partial charge in [-0.25, -0.2) is 4.79 Å². The van der Waals surface area contributed by atoms with E-state index in [2.05, 4.69) is 26.7 Å². The number of amides is 1. The van der Waals surface area contributed by atoms with Crippen molar-refractivity contribution in [3.63, 3.8) is 0 Å². The van der Waals surface area contributed by atoms with Gasteiger partial charge in [0, 0.05) is 31.6 Å². The van der Waals surface area contributed by atoms with Gasteiger partial charge in [0.25, 0.3) is 0 Å². The van der Waals surface area contributed by atoms with E-state index in [1.807, 2.05) is 33.7 Å². The average molecular weight is 425 g/mol. The lowest BCUT2D eigenvalue weighted by Crippen LogP contribution is -2.46. The largest absolute Gasteiger partial charge is 0.342 e. The predicted molar refractivity (Wildman–Crippen MR) is 120 cm³/mol. The second-order valence-corrected chi connectivity index (χ2v) is 9.34. The van der Waals surface area contributed by atoms with Crippen LogP contribution in [0, 0.1) is 5.92 Å². The van der Waals surface area contributed by atoms with Gasteiger partial charge in [0.05, 0.1) is 11.0 Å². The lowest BCUT2D eigenvalue weighted by Gasteiger charge is -2.37. The van der Waals surface area contributed by atoms with Gasteiger partial charge in [-0.2, -0.15) is 11.3 Å². The molecule has 6 nitrogen and oxygen atoms in total. The molecule has 1 N–H and O–H groups in total. The number of carbonyl (C=O) groups is 1. The van der Waals surface area contributed by atoms with Gasteiger partial charge in [-0.1, -0.05) is 12.1 Å². The van der Waals surface area contributed by atoms with E-state index in [-0.39, 0.29) is 17.6 Å². The van der Waals surface area contributed by atoms with Crippen molar-refractivity contribution in [3.05, 3.63) is 57.1 Å². The Morgan fingerprint density at radius 3 is 2.53 bits per heavy atom. The van der Waals surface area contributed by atoms with Crippen molar-refractivity contribution in [1.82, 2.24) is 19.4 Å². The standard InChI is InChI=1S/C23H28N4O2S/c28-22(18-5-10-25(11-6-18)15-17-9-14-30-16-17)26-12-7-19(8-13-26)27-21-4-2-1-3-20(21)24-23(27)29/h1-4,9,14,16,18-19H,5-8,10-13,15H2,(H,24,29). The number of aromatic amines is 1. The number of hydrogen-bond acceptors (Lipinski definition) is 4. The molecule has 1 amide bonds. The summed E-state index contributed by atoms with van der Waals surface area (Å²) in [5.41, 5.74) is 3.18. The minimum Gasteiger partial charge on any atom is -0.342 e. The molecule has 0 atom stereocenters. The normalized spacial score (nSPS) is 19.5. The number of carbonyl (C=O) groups excluding carboxylic acids is 1. The number of nitrogens with one attached hydrogen (secondary N) is 1. The molecule has 5 rings (SSSR count). The second kappa shape index (κ2) is 8.40. The van der Waals surface area contributed by atoms with Crippen LogP contribution in [0.1, 0.15) is 37.3 Å². The van der Waals surface area contributed by atoms with Crippen molar-refractivity contribution in [1.29, 1.82) is 0 Å². The van der Waals surface area contributed by atoms with Gasteiger partial charge in [0.1, 0.15) is 0 Å². The number of fused-ring (bicyclic) bond motifs is 1. The molecule has 2 aromatic heterocycles. The highest BCUT2D eigenvalue weighted by Crippen LogP contribution is 2.28. The number of aromatic nitrogens is 2. The van der Waals surface area contributed by atoms with E-state index in [1.165, 1.54) is 5.56 Å². The quantitative estimate of drug-likeness (QED) is 0.698. The molecule has 0 radical (unpaired) electrons. The third kappa shape index (κ3) is 3.84. The molecule has 7 heteroatoms. The van der Waals surface area contributed by atoms with Crippen LogP contribution in [0.25, 0.3) is 11.0 Å². The maximum atomic E-state index is 13.1. The molecule has 0 spiro atoms. The number of para-hydroxylation sites is 2. The van der Waals surface area contributed by atoms with Gasteiger partial charge in [-0.3, -0.25) is 14.3 Å². The maximum absolute atomic E-state index is 13.1. The van der Waals surface area contributed by atoms with Crippen LogP contribution < -0.4 is 5.69 Å². The predicted octanol–water partition coefficient (Wildman–Crippen LogP) is 3.47. The minimum absolute atomic E-state index is 0.0426. The fourth-order valence-corrected chi connectivity index (χ4v) is 5.68. The molecule has 4 heterocycles. The van der Waals surface area contributed by atoms with Gasteiger partial charge in [-0.05, 0) is 73.3 Å². The summed E-state index contributed by atoms with van der Waals surface area (Å²) >= 11 is 1.74. The summed E-state index contributed by atoms with van der Waals surface area (Å²) in [5.74, 6) is 0.464. The molecule has 0 bridgehead atoms. The van der Waals surface area contributed by atoms with Crippen molar-refractivity contribution < 1.29 is 4.79 Å². The molecule has 158 valence electrons. The van der Waals surface area contributed by atoms with Crippen molar-refractivity contribution >= 4 is 28.3 Å². The molecule has 0 saturated carbocycles. The summed E-state index contributed by atoms with van der Waals surface area (Å²) in [4.78, 5) is 33.0. The number of rotatable bonds is 4. The second-order valence-electron chi connectivity index (χ2n) is 8.56. The fraction of sp³-hybridized carbons (Fsp3) is 0.478. The zero-order chi connectivity index (χ0) is 20.5. The smallest absolute Gasteiger partial charge is 0.326 e. The van der Waals surface area contributed by atoms with Crippen molar-refractivity contribution in [2.45, 2.75) is 38.3 Å². The van der Waals surface area contributed by atoms with Gasteiger partial charge < -0.3 is 9.88 Å². The monoisotopic (exact) mass is 424 g/mol. The number of hydrogen-bond donors (Lipinski definition) is 1. The molecular weight excluding hydrogens is 396 g/mol. The maximum Gasteiger partial charge on any atom is 0.326 e. The highest BCUT2D eigenvalue weighted by molar-refractivity contribution is 7.07. The molecule has 2 aliphatic rings. The van der Waals surface area contributed by atoms with Crippen LogP contribution in [0.4, 0.5) is 0 Å². The van der Waals surface area contributed by atoms with Crippen molar-refractivity contribution in [3.8, 4) is 0 Å². The number of H-pyrrole nitrogens is 1. The number of nitrogens with zero attached hydrogens (tertiary/aromatic N) is 3. The third-order valence-electron chi connectivity index (χ3n) is 6.69. The van der Waals surface area contributed by atoms with Crippen LogP contribution >= 0.6 is 11.3 Å². The molecule has 2 fully saturated rings. The van der Waals surface area contributed by atoms with E-state index in [0.717, 1.165) is 69.4 Å². The van der Waals surface area contributed by atoms with Crippen LogP contribution in [-0.2, 0) is 11.3 Å². The van der Waals surface area contributed by atoms with Crippen molar-refractivity contribution in [2.24, 2.45) is 5.92 Å². The summed E-state index contributed by atoms with van der Waals surface area (Å²) in [6, 6.07) is 10.2. The first-order valence-corrected chi connectivity index (χ1v) is 11.8. The Balaban J connectivity index is 1.16. The lowest BCUT2D eigenvalue weighted by molar-refractivity contribution is -0.138. The SMILES string of the molecule is O=C(C1CCN(Cc2ccsc2)CC1)N1CCC(n2c(=O)[nH]c3ccccc32)CC1. The first-order chi connectivity index (χ1) is 14.7. The molecule has 0 aliphatic carbocycles. The molecule has 3 aromatic rings. The molecular formula is C23H28N4O2S. The Bertz CT molecular complexity index is 1050. The van der Waals surface area contributed by atoms with Gasteiger partial charge in [-0.15, -0.1) is 0 Å². The van der Waals surface area contributed by atoms with E-state index in [0.29, 0.717) is 5.91 Å². The molecule has 30 heavy (non-hydrogen) atoms. The van der Waals surface area contributed by atoms with E-state index < -0.39 is 0 Å². The average Bonchev–Trinajstić information content (AvgIpc) is 3.40.